The molecule has 0 saturated carbocycles. The Morgan fingerprint density at radius 1 is 1.33 bits per heavy atom. The highest BCUT2D eigenvalue weighted by Crippen LogP contribution is 2.35. The molecule has 0 fully saturated rings. The number of anilines is 2. The minimum atomic E-state index is -4.49. The highest BCUT2D eigenvalue weighted by molar-refractivity contribution is 7.10. The summed E-state index contributed by atoms with van der Waals surface area (Å²) in [6.07, 6.45) is -3.45. The summed E-state index contributed by atoms with van der Waals surface area (Å²) in [6, 6.07) is 4.72. The van der Waals surface area contributed by atoms with E-state index in [4.69, 9.17) is 5.73 Å². The number of pyridine rings is 1. The molecule has 3 nitrogen and oxygen atoms in total. The number of alkyl halides is 3. The van der Waals surface area contributed by atoms with Crippen LogP contribution < -0.4 is 11.1 Å². The number of aromatic nitrogens is 1. The van der Waals surface area contributed by atoms with Gasteiger partial charge in [0.25, 0.3) is 0 Å². The predicted molar refractivity (Wildman–Crippen MR) is 79.2 cm³/mol. The molecule has 0 saturated heterocycles. The van der Waals surface area contributed by atoms with Gasteiger partial charge in [-0.15, -0.1) is 11.3 Å². The van der Waals surface area contributed by atoms with Gasteiger partial charge in [0.05, 0.1) is 23.6 Å². The van der Waals surface area contributed by atoms with Crippen molar-refractivity contribution in [3.05, 3.63) is 40.3 Å². The van der Waals surface area contributed by atoms with Crippen LogP contribution in [0.15, 0.2) is 29.8 Å². The lowest BCUT2D eigenvalue weighted by atomic mass is 10.0. The highest BCUT2D eigenvalue weighted by Gasteiger charge is 2.33. The van der Waals surface area contributed by atoms with Crippen LogP contribution in [-0.2, 0) is 6.18 Å². The van der Waals surface area contributed by atoms with Crippen molar-refractivity contribution in [1.29, 1.82) is 0 Å². The minimum absolute atomic E-state index is 0.101. The number of nitrogens with one attached hydrogen (secondary N) is 1. The van der Waals surface area contributed by atoms with Crippen molar-refractivity contribution in [1.82, 2.24) is 4.98 Å². The van der Waals surface area contributed by atoms with Gasteiger partial charge in [-0.25, -0.2) is 4.98 Å². The Bertz CT molecular complexity index is 594. The molecule has 114 valence electrons. The lowest BCUT2D eigenvalue weighted by Crippen LogP contribution is -2.18. The van der Waals surface area contributed by atoms with Crippen LogP contribution in [0.1, 0.15) is 30.5 Å². The van der Waals surface area contributed by atoms with Gasteiger partial charge in [-0.05, 0) is 23.4 Å². The average molecular weight is 315 g/mol. The summed E-state index contributed by atoms with van der Waals surface area (Å²) >= 11 is 1.55. The summed E-state index contributed by atoms with van der Waals surface area (Å²) < 4.78 is 38.2. The van der Waals surface area contributed by atoms with Gasteiger partial charge in [0, 0.05) is 4.88 Å². The van der Waals surface area contributed by atoms with Crippen LogP contribution >= 0.6 is 11.3 Å². The van der Waals surface area contributed by atoms with Crippen molar-refractivity contribution in [3.63, 3.8) is 0 Å². The number of hydrogen-bond acceptors (Lipinski definition) is 4. The Balaban J connectivity index is 2.33. The van der Waals surface area contributed by atoms with E-state index in [0.29, 0.717) is 0 Å². The van der Waals surface area contributed by atoms with Crippen LogP contribution in [0.25, 0.3) is 0 Å². The number of nitrogens with two attached hydrogens (primary N) is 1. The largest absolute Gasteiger partial charge is 0.433 e. The van der Waals surface area contributed by atoms with Crippen LogP contribution in [0.2, 0.25) is 0 Å². The topological polar surface area (TPSA) is 50.9 Å². The van der Waals surface area contributed by atoms with Gasteiger partial charge in [0.1, 0.15) is 5.69 Å². The molecule has 1 unspecified atom stereocenters. The molecule has 0 aliphatic heterocycles. The SMILES string of the molecule is CC(C)C(Nc1cc(C(F)(F)F)ncc1N)c1cccs1. The molecule has 3 N–H and O–H groups in total. The zero-order valence-electron chi connectivity index (χ0n) is 11.6. The number of halogens is 3. The predicted octanol–water partition coefficient (Wildman–Crippen LogP) is 4.55. The highest BCUT2D eigenvalue weighted by atomic mass is 32.1. The fourth-order valence-electron chi connectivity index (χ4n) is 1.95. The summed E-state index contributed by atoms with van der Waals surface area (Å²) in [6.45, 7) is 4.00. The first-order chi connectivity index (χ1) is 9.79. The molecular formula is C14H16F3N3S. The van der Waals surface area contributed by atoms with E-state index in [-0.39, 0.29) is 23.3 Å². The van der Waals surface area contributed by atoms with Crippen LogP contribution in [0, 0.1) is 5.92 Å². The molecule has 7 heteroatoms. The molecule has 2 aromatic heterocycles. The Kier molecular flexibility index (Phi) is 4.41. The molecular weight excluding hydrogens is 299 g/mol. The maximum Gasteiger partial charge on any atom is 0.433 e. The van der Waals surface area contributed by atoms with Crippen LogP contribution in [0.3, 0.4) is 0 Å². The molecule has 0 radical (unpaired) electrons. The molecule has 2 aromatic rings. The first kappa shape index (κ1) is 15.6. The average Bonchev–Trinajstić information content (AvgIpc) is 2.89. The van der Waals surface area contributed by atoms with Crippen LogP contribution in [0.5, 0.6) is 0 Å². The lowest BCUT2D eigenvalue weighted by molar-refractivity contribution is -0.141. The third-order valence-corrected chi connectivity index (χ3v) is 4.01. The number of hydrogen-bond donors (Lipinski definition) is 2. The Hall–Kier alpha value is -1.76. The summed E-state index contributed by atoms with van der Waals surface area (Å²) in [5.74, 6) is 0.200. The van der Waals surface area contributed by atoms with E-state index in [1.54, 1.807) is 11.3 Å². The third kappa shape index (κ3) is 3.66. The van der Waals surface area contributed by atoms with Gasteiger partial charge >= 0.3 is 6.18 Å². The monoisotopic (exact) mass is 315 g/mol. The number of nitrogen functional groups attached to an aromatic ring is 1. The van der Waals surface area contributed by atoms with Gasteiger partial charge < -0.3 is 11.1 Å². The zero-order valence-corrected chi connectivity index (χ0v) is 12.4. The Morgan fingerprint density at radius 2 is 2.05 bits per heavy atom. The minimum Gasteiger partial charge on any atom is -0.396 e. The fourth-order valence-corrected chi connectivity index (χ4v) is 2.90. The molecule has 0 bridgehead atoms. The zero-order chi connectivity index (χ0) is 15.6. The fraction of sp³-hybridized carbons (Fsp3) is 0.357. The first-order valence-electron chi connectivity index (χ1n) is 6.41. The molecule has 21 heavy (non-hydrogen) atoms. The third-order valence-electron chi connectivity index (χ3n) is 3.05. The van der Waals surface area contributed by atoms with Gasteiger partial charge in [-0.3, -0.25) is 0 Å². The standard InChI is InChI=1S/C14H16F3N3S/c1-8(2)13(11-4-3-5-21-11)20-10-6-12(14(15,16)17)19-7-9(10)18/h3-8,13H,18H2,1-2H3,(H,19,20). The van der Waals surface area contributed by atoms with E-state index in [1.807, 2.05) is 31.4 Å². The van der Waals surface area contributed by atoms with Gasteiger partial charge in [-0.2, -0.15) is 13.2 Å². The second-order valence-electron chi connectivity index (χ2n) is 5.04. The number of thiophene rings is 1. The van der Waals surface area contributed by atoms with Crippen molar-refractivity contribution >= 4 is 22.7 Å². The maximum absolute atomic E-state index is 12.7. The van der Waals surface area contributed by atoms with Crippen molar-refractivity contribution in [3.8, 4) is 0 Å². The summed E-state index contributed by atoms with van der Waals surface area (Å²) in [5.41, 5.74) is 5.25. The quantitative estimate of drug-likeness (QED) is 0.870. The van der Waals surface area contributed by atoms with E-state index in [0.717, 1.165) is 17.1 Å². The Morgan fingerprint density at radius 3 is 2.57 bits per heavy atom. The van der Waals surface area contributed by atoms with Crippen LogP contribution in [0.4, 0.5) is 24.5 Å². The normalized spacial score (nSPS) is 13.4. The molecule has 0 aliphatic carbocycles. The second kappa shape index (κ2) is 5.93. The van der Waals surface area contributed by atoms with Crippen molar-refractivity contribution in [2.24, 2.45) is 5.92 Å². The summed E-state index contributed by atoms with van der Waals surface area (Å²) in [5, 5.41) is 5.04. The molecule has 0 amide bonds. The van der Waals surface area contributed by atoms with Crippen molar-refractivity contribution in [2.45, 2.75) is 26.1 Å². The van der Waals surface area contributed by atoms with Gasteiger partial charge in [0.15, 0.2) is 0 Å². The van der Waals surface area contributed by atoms with E-state index >= 15 is 0 Å². The Labute approximate surface area is 125 Å². The lowest BCUT2D eigenvalue weighted by Gasteiger charge is -2.23. The summed E-state index contributed by atoms with van der Waals surface area (Å²) in [7, 11) is 0. The molecule has 0 spiro atoms. The van der Waals surface area contributed by atoms with Gasteiger partial charge in [-0.1, -0.05) is 19.9 Å². The van der Waals surface area contributed by atoms with Crippen LogP contribution in [-0.4, -0.2) is 4.98 Å². The maximum atomic E-state index is 12.7. The van der Waals surface area contributed by atoms with Crippen molar-refractivity contribution < 1.29 is 13.2 Å². The van der Waals surface area contributed by atoms with E-state index < -0.39 is 11.9 Å². The molecule has 0 aromatic carbocycles. The van der Waals surface area contributed by atoms with E-state index in [2.05, 4.69) is 10.3 Å². The summed E-state index contributed by atoms with van der Waals surface area (Å²) in [4.78, 5) is 4.39. The number of nitrogens with zero attached hydrogens (tertiary/aromatic N) is 1. The molecule has 2 heterocycles. The number of rotatable bonds is 4. The molecule has 2 rings (SSSR count). The van der Waals surface area contributed by atoms with E-state index in [1.165, 1.54) is 0 Å². The molecule has 1 atom stereocenters. The first-order valence-corrected chi connectivity index (χ1v) is 7.29. The second-order valence-corrected chi connectivity index (χ2v) is 6.02. The van der Waals surface area contributed by atoms with Gasteiger partial charge in [0.2, 0.25) is 0 Å². The smallest absolute Gasteiger partial charge is 0.396 e. The molecule has 0 aliphatic rings. The van der Waals surface area contributed by atoms with Crippen molar-refractivity contribution in [2.75, 3.05) is 11.1 Å². The van der Waals surface area contributed by atoms with E-state index in [9.17, 15) is 13.2 Å².